The Morgan fingerprint density at radius 3 is 2.42 bits per heavy atom. The zero-order valence-electron chi connectivity index (χ0n) is 11.5. The Balaban J connectivity index is 1.96. The predicted octanol–water partition coefficient (Wildman–Crippen LogP) is 2.52. The first-order valence-corrected chi connectivity index (χ1v) is 7.63. The monoisotopic (exact) mass is 283 g/mol. The topological polar surface area (TPSA) is 41.3 Å². The Morgan fingerprint density at radius 1 is 1.26 bits per heavy atom. The molecule has 1 aliphatic heterocycles. The fraction of sp³-hybridized carbons (Fsp3) is 0.786. The van der Waals surface area contributed by atoms with Crippen molar-refractivity contribution in [1.29, 1.82) is 0 Å². The van der Waals surface area contributed by atoms with Gasteiger partial charge in [0.2, 0.25) is 0 Å². The van der Waals surface area contributed by atoms with Gasteiger partial charge in [-0.25, -0.2) is 0 Å². The maximum Gasteiger partial charge on any atom is 0.115 e. The molecule has 0 amide bonds. The lowest BCUT2D eigenvalue weighted by Crippen LogP contribution is -2.50. The molecule has 4 nitrogen and oxygen atoms in total. The molecular weight excluding hydrogens is 262 g/mol. The molecule has 0 radical (unpaired) electrons. The summed E-state index contributed by atoms with van der Waals surface area (Å²) in [5, 5.41) is 15.8. The Hall–Kier alpha value is -0.580. The van der Waals surface area contributed by atoms with Gasteiger partial charge in [0.1, 0.15) is 6.10 Å². The first kappa shape index (κ1) is 13.4. The molecule has 0 spiro atoms. The van der Waals surface area contributed by atoms with Gasteiger partial charge in [-0.2, -0.15) is 5.10 Å². The number of hydrogen-bond acceptors (Lipinski definition) is 3. The smallest absolute Gasteiger partial charge is 0.115 e. The quantitative estimate of drug-likeness (QED) is 0.927. The molecule has 1 aliphatic carbocycles. The number of nitrogens with zero attached hydrogens (tertiary/aromatic N) is 3. The van der Waals surface area contributed by atoms with E-state index < -0.39 is 6.10 Å². The Kier molecular flexibility index (Phi) is 3.58. The second-order valence-electron chi connectivity index (χ2n) is 5.91. The zero-order valence-corrected chi connectivity index (χ0v) is 12.2. The van der Waals surface area contributed by atoms with Crippen molar-refractivity contribution in [2.75, 3.05) is 13.1 Å². The average Bonchev–Trinajstić information content (AvgIpc) is 3.09. The van der Waals surface area contributed by atoms with E-state index in [-0.39, 0.29) is 5.54 Å². The molecule has 1 atom stereocenters. The molecule has 1 aromatic heterocycles. The van der Waals surface area contributed by atoms with Crippen molar-refractivity contribution < 1.29 is 5.11 Å². The second kappa shape index (κ2) is 5.08. The second-order valence-corrected chi connectivity index (χ2v) is 6.32. The lowest BCUT2D eigenvalue weighted by molar-refractivity contribution is -0.0237. The Morgan fingerprint density at radius 2 is 1.89 bits per heavy atom. The van der Waals surface area contributed by atoms with Crippen molar-refractivity contribution >= 4 is 11.6 Å². The number of rotatable bonds is 3. The van der Waals surface area contributed by atoms with Crippen LogP contribution in [0.4, 0.5) is 0 Å². The van der Waals surface area contributed by atoms with Gasteiger partial charge in [0.15, 0.2) is 0 Å². The van der Waals surface area contributed by atoms with Crippen LogP contribution in [0.15, 0.2) is 6.20 Å². The SMILES string of the molecule is Cn1ncc(Cl)c1C(O)C1(N2CCCC2)CCCC1. The van der Waals surface area contributed by atoms with E-state index in [2.05, 4.69) is 10.00 Å². The molecule has 1 aromatic rings. The maximum absolute atomic E-state index is 11.0. The van der Waals surface area contributed by atoms with Gasteiger partial charge in [-0.05, 0) is 38.8 Å². The van der Waals surface area contributed by atoms with E-state index in [0.29, 0.717) is 5.02 Å². The van der Waals surface area contributed by atoms with Crippen LogP contribution in [0.1, 0.15) is 50.3 Å². The van der Waals surface area contributed by atoms with Crippen LogP contribution in [0, 0.1) is 0 Å². The molecule has 106 valence electrons. The summed E-state index contributed by atoms with van der Waals surface area (Å²) in [6.45, 7) is 2.21. The third-order valence-corrected chi connectivity index (χ3v) is 5.20. The fourth-order valence-electron chi connectivity index (χ4n) is 3.89. The summed E-state index contributed by atoms with van der Waals surface area (Å²) < 4.78 is 1.73. The van der Waals surface area contributed by atoms with E-state index in [4.69, 9.17) is 11.6 Å². The van der Waals surface area contributed by atoms with Crippen LogP contribution in [0.2, 0.25) is 5.02 Å². The molecule has 2 heterocycles. The van der Waals surface area contributed by atoms with Crippen molar-refractivity contribution in [2.45, 2.75) is 50.2 Å². The standard InChI is InChI=1S/C14H22ClN3O/c1-17-12(11(15)10-16-17)13(19)14(6-2-3-7-14)18-8-4-5-9-18/h10,13,19H,2-9H2,1H3. The lowest BCUT2D eigenvalue weighted by atomic mass is 9.86. The number of hydrogen-bond donors (Lipinski definition) is 1. The van der Waals surface area contributed by atoms with Crippen LogP contribution in [0.3, 0.4) is 0 Å². The maximum atomic E-state index is 11.0. The first-order valence-electron chi connectivity index (χ1n) is 7.26. The van der Waals surface area contributed by atoms with E-state index in [1.165, 1.54) is 25.7 Å². The molecule has 19 heavy (non-hydrogen) atoms. The highest BCUT2D eigenvalue weighted by Crippen LogP contribution is 2.46. The predicted molar refractivity (Wildman–Crippen MR) is 75.2 cm³/mol. The van der Waals surface area contributed by atoms with E-state index >= 15 is 0 Å². The van der Waals surface area contributed by atoms with Crippen LogP contribution in [-0.4, -0.2) is 38.4 Å². The molecule has 1 unspecified atom stereocenters. The normalized spacial score (nSPS) is 25.0. The van der Waals surface area contributed by atoms with E-state index in [1.54, 1.807) is 10.9 Å². The fourth-order valence-corrected chi connectivity index (χ4v) is 4.16. The van der Waals surface area contributed by atoms with Crippen LogP contribution in [0.25, 0.3) is 0 Å². The molecule has 2 fully saturated rings. The van der Waals surface area contributed by atoms with Gasteiger partial charge in [0.05, 0.1) is 22.5 Å². The number of aliphatic hydroxyl groups is 1. The van der Waals surface area contributed by atoms with Crippen LogP contribution < -0.4 is 0 Å². The average molecular weight is 284 g/mol. The highest BCUT2D eigenvalue weighted by atomic mass is 35.5. The summed E-state index contributed by atoms with van der Waals surface area (Å²) in [6.07, 6.45) is 8.11. The molecule has 1 N–H and O–H groups in total. The van der Waals surface area contributed by atoms with Gasteiger partial charge in [0.25, 0.3) is 0 Å². The summed E-state index contributed by atoms with van der Waals surface area (Å²) in [7, 11) is 1.86. The summed E-state index contributed by atoms with van der Waals surface area (Å²) in [5.74, 6) is 0. The summed E-state index contributed by atoms with van der Waals surface area (Å²) in [6, 6.07) is 0. The van der Waals surface area contributed by atoms with Crippen LogP contribution in [0.5, 0.6) is 0 Å². The Labute approximate surface area is 119 Å². The van der Waals surface area contributed by atoms with Crippen LogP contribution >= 0.6 is 11.6 Å². The highest BCUT2D eigenvalue weighted by molar-refractivity contribution is 6.31. The van der Waals surface area contributed by atoms with Gasteiger partial charge < -0.3 is 5.11 Å². The molecule has 1 saturated carbocycles. The van der Waals surface area contributed by atoms with Gasteiger partial charge in [0, 0.05) is 7.05 Å². The van der Waals surface area contributed by atoms with Crippen LogP contribution in [-0.2, 0) is 7.05 Å². The van der Waals surface area contributed by atoms with Crippen molar-refractivity contribution in [3.63, 3.8) is 0 Å². The van der Waals surface area contributed by atoms with E-state index in [1.807, 2.05) is 7.05 Å². The molecule has 0 bridgehead atoms. The van der Waals surface area contributed by atoms with Crippen molar-refractivity contribution in [3.8, 4) is 0 Å². The van der Waals surface area contributed by atoms with Crippen molar-refractivity contribution in [2.24, 2.45) is 7.05 Å². The van der Waals surface area contributed by atoms with Crippen molar-refractivity contribution in [1.82, 2.24) is 14.7 Å². The first-order chi connectivity index (χ1) is 9.15. The molecule has 1 saturated heterocycles. The zero-order chi connectivity index (χ0) is 13.5. The minimum atomic E-state index is -0.534. The largest absolute Gasteiger partial charge is 0.385 e. The third-order valence-electron chi connectivity index (χ3n) is 4.91. The molecule has 2 aliphatic rings. The van der Waals surface area contributed by atoms with E-state index in [9.17, 15) is 5.11 Å². The summed E-state index contributed by atoms with van der Waals surface area (Å²) in [5.41, 5.74) is 0.656. The lowest BCUT2D eigenvalue weighted by Gasteiger charge is -2.42. The number of aromatic nitrogens is 2. The summed E-state index contributed by atoms with van der Waals surface area (Å²) in [4.78, 5) is 2.49. The molecule has 0 aromatic carbocycles. The van der Waals surface area contributed by atoms with Gasteiger partial charge in [-0.15, -0.1) is 0 Å². The number of aliphatic hydroxyl groups excluding tert-OH is 1. The van der Waals surface area contributed by atoms with Gasteiger partial charge >= 0.3 is 0 Å². The highest BCUT2D eigenvalue weighted by Gasteiger charge is 2.48. The molecule has 5 heteroatoms. The number of aryl methyl sites for hydroxylation is 1. The summed E-state index contributed by atoms with van der Waals surface area (Å²) >= 11 is 6.23. The molecule has 3 rings (SSSR count). The van der Waals surface area contributed by atoms with E-state index in [0.717, 1.165) is 31.6 Å². The Bertz CT molecular complexity index is 428. The van der Waals surface area contributed by atoms with Gasteiger partial charge in [-0.3, -0.25) is 9.58 Å². The van der Waals surface area contributed by atoms with Crippen molar-refractivity contribution in [3.05, 3.63) is 16.9 Å². The number of likely N-dealkylation sites (tertiary alicyclic amines) is 1. The minimum Gasteiger partial charge on any atom is -0.385 e. The molecular formula is C14H22ClN3O. The minimum absolute atomic E-state index is 0.117. The number of halogens is 1. The third kappa shape index (κ3) is 2.10. The van der Waals surface area contributed by atoms with Gasteiger partial charge in [-0.1, -0.05) is 24.4 Å².